The topological polar surface area (TPSA) is 0 Å². The highest BCUT2D eigenvalue weighted by Crippen LogP contribution is 2.29. The highest BCUT2D eigenvalue weighted by molar-refractivity contribution is 9.09. The maximum atomic E-state index is 11.8. The highest BCUT2D eigenvalue weighted by atomic mass is 79.9. The summed E-state index contributed by atoms with van der Waals surface area (Å²) in [6.07, 6.45) is -4.71. The number of alkyl halides is 4. The normalized spacial score (nSPS) is 15.5. The minimum atomic E-state index is -4.03. The van der Waals surface area contributed by atoms with Gasteiger partial charge in [-0.05, 0) is 11.8 Å². The van der Waals surface area contributed by atoms with Gasteiger partial charge in [-0.1, -0.05) is 29.8 Å². The fourth-order valence-corrected chi connectivity index (χ4v) is 1.74. The summed E-state index contributed by atoms with van der Waals surface area (Å²) in [6.45, 7) is 3.61. The molecule has 0 saturated carbocycles. The van der Waals surface area contributed by atoms with Crippen LogP contribution < -0.4 is 0 Å². The van der Waals surface area contributed by atoms with E-state index in [1.165, 1.54) is 0 Å². The molecule has 0 rings (SSSR count). The Morgan fingerprint density at radius 2 is 1.73 bits per heavy atom. The van der Waals surface area contributed by atoms with Crippen molar-refractivity contribution in [3.05, 3.63) is 0 Å². The van der Waals surface area contributed by atoms with Crippen molar-refractivity contribution in [1.29, 1.82) is 0 Å². The van der Waals surface area contributed by atoms with E-state index in [4.69, 9.17) is 0 Å². The van der Waals surface area contributed by atoms with Gasteiger partial charge in [0.25, 0.3) is 0 Å². The van der Waals surface area contributed by atoms with Crippen molar-refractivity contribution in [2.75, 3.05) is 5.33 Å². The van der Waals surface area contributed by atoms with E-state index in [0.717, 1.165) is 0 Å². The lowest BCUT2D eigenvalue weighted by molar-refractivity contribution is -0.145. The Morgan fingerprint density at radius 1 is 1.27 bits per heavy atom. The van der Waals surface area contributed by atoms with Crippen molar-refractivity contribution in [1.82, 2.24) is 0 Å². The summed E-state index contributed by atoms with van der Waals surface area (Å²) in [5, 5.41) is 0.421. The van der Waals surface area contributed by atoms with Crippen LogP contribution in [-0.2, 0) is 0 Å². The highest BCUT2D eigenvalue weighted by Gasteiger charge is 2.32. The lowest BCUT2D eigenvalue weighted by atomic mass is 9.94. The van der Waals surface area contributed by atoms with Crippen molar-refractivity contribution in [3.8, 4) is 0 Å². The SMILES string of the molecule is CC(C)C(CBr)CC(F)(F)F. The van der Waals surface area contributed by atoms with Crippen LogP contribution in [-0.4, -0.2) is 11.5 Å². The summed E-state index contributed by atoms with van der Waals surface area (Å²) < 4.78 is 35.5. The Bertz CT molecular complexity index is 109. The van der Waals surface area contributed by atoms with Crippen molar-refractivity contribution in [2.45, 2.75) is 26.4 Å². The monoisotopic (exact) mass is 232 g/mol. The molecule has 0 N–H and O–H groups in total. The molecule has 0 heterocycles. The predicted octanol–water partition coefficient (Wildman–Crippen LogP) is 3.61. The average molecular weight is 233 g/mol. The van der Waals surface area contributed by atoms with Gasteiger partial charge in [0, 0.05) is 11.8 Å². The molecule has 0 aliphatic heterocycles. The Hall–Kier alpha value is 0.270. The van der Waals surface area contributed by atoms with Gasteiger partial charge in [-0.15, -0.1) is 0 Å². The first-order valence-electron chi connectivity index (χ1n) is 3.49. The predicted molar refractivity (Wildman–Crippen MR) is 42.8 cm³/mol. The van der Waals surface area contributed by atoms with E-state index in [-0.39, 0.29) is 11.8 Å². The average Bonchev–Trinajstić information content (AvgIpc) is 1.80. The van der Waals surface area contributed by atoms with E-state index in [1.54, 1.807) is 13.8 Å². The minimum Gasteiger partial charge on any atom is -0.171 e. The van der Waals surface area contributed by atoms with E-state index >= 15 is 0 Å². The molecule has 4 heteroatoms. The zero-order valence-electron chi connectivity index (χ0n) is 6.58. The number of hydrogen-bond donors (Lipinski definition) is 0. The standard InChI is InChI=1S/C7H12BrF3/c1-5(2)6(4-8)3-7(9,10)11/h5-6H,3-4H2,1-2H3. The quantitative estimate of drug-likeness (QED) is 0.653. The van der Waals surface area contributed by atoms with Gasteiger partial charge in [-0.25, -0.2) is 0 Å². The molecular weight excluding hydrogens is 221 g/mol. The molecule has 0 nitrogen and oxygen atoms in total. The van der Waals surface area contributed by atoms with Gasteiger partial charge in [0.1, 0.15) is 0 Å². The number of halogens is 4. The van der Waals surface area contributed by atoms with Crippen LogP contribution >= 0.6 is 15.9 Å². The molecule has 0 fully saturated rings. The fraction of sp³-hybridized carbons (Fsp3) is 1.00. The van der Waals surface area contributed by atoms with Crippen molar-refractivity contribution in [2.24, 2.45) is 11.8 Å². The molecule has 68 valence electrons. The first kappa shape index (κ1) is 11.3. The summed E-state index contributed by atoms with van der Waals surface area (Å²) in [7, 11) is 0. The molecule has 1 unspecified atom stereocenters. The fourth-order valence-electron chi connectivity index (χ4n) is 0.766. The lowest BCUT2D eigenvalue weighted by Crippen LogP contribution is -2.20. The molecule has 0 spiro atoms. The second-order valence-corrected chi connectivity index (χ2v) is 3.63. The smallest absolute Gasteiger partial charge is 0.171 e. The first-order valence-corrected chi connectivity index (χ1v) is 4.61. The van der Waals surface area contributed by atoms with E-state index in [2.05, 4.69) is 15.9 Å². The zero-order valence-corrected chi connectivity index (χ0v) is 8.17. The molecule has 0 aromatic rings. The van der Waals surface area contributed by atoms with Crippen LogP contribution in [0.4, 0.5) is 13.2 Å². The van der Waals surface area contributed by atoms with Gasteiger partial charge < -0.3 is 0 Å². The second kappa shape index (κ2) is 4.33. The van der Waals surface area contributed by atoms with E-state index < -0.39 is 12.6 Å². The van der Waals surface area contributed by atoms with Crippen LogP contribution in [0.25, 0.3) is 0 Å². The Kier molecular flexibility index (Phi) is 4.44. The Labute approximate surface area is 73.3 Å². The van der Waals surface area contributed by atoms with E-state index in [0.29, 0.717) is 5.33 Å². The Balaban J connectivity index is 3.88. The van der Waals surface area contributed by atoms with Crippen LogP contribution in [0.5, 0.6) is 0 Å². The van der Waals surface area contributed by atoms with E-state index in [1.807, 2.05) is 0 Å². The molecular formula is C7H12BrF3. The molecule has 0 saturated heterocycles. The van der Waals surface area contributed by atoms with Crippen LogP contribution in [0, 0.1) is 11.8 Å². The largest absolute Gasteiger partial charge is 0.389 e. The third-order valence-electron chi connectivity index (χ3n) is 1.63. The van der Waals surface area contributed by atoms with Crippen LogP contribution in [0.2, 0.25) is 0 Å². The third-order valence-corrected chi connectivity index (χ3v) is 2.47. The number of hydrogen-bond acceptors (Lipinski definition) is 0. The van der Waals surface area contributed by atoms with Crippen molar-refractivity contribution >= 4 is 15.9 Å². The van der Waals surface area contributed by atoms with Gasteiger partial charge in [0.15, 0.2) is 0 Å². The third kappa shape index (κ3) is 5.53. The second-order valence-electron chi connectivity index (χ2n) is 2.98. The Morgan fingerprint density at radius 3 is 1.82 bits per heavy atom. The molecule has 0 amide bonds. The van der Waals surface area contributed by atoms with E-state index in [9.17, 15) is 13.2 Å². The maximum Gasteiger partial charge on any atom is 0.389 e. The van der Waals surface area contributed by atoms with Gasteiger partial charge in [0.2, 0.25) is 0 Å². The van der Waals surface area contributed by atoms with Gasteiger partial charge in [0.05, 0.1) is 0 Å². The minimum absolute atomic E-state index is 0.0796. The maximum absolute atomic E-state index is 11.8. The molecule has 0 radical (unpaired) electrons. The van der Waals surface area contributed by atoms with Crippen LogP contribution in [0.1, 0.15) is 20.3 Å². The summed E-state index contributed by atoms with van der Waals surface area (Å²) in [4.78, 5) is 0. The van der Waals surface area contributed by atoms with Gasteiger partial charge >= 0.3 is 6.18 Å². The summed E-state index contributed by atoms with van der Waals surface area (Å²) in [6, 6.07) is 0. The molecule has 0 aromatic heterocycles. The summed E-state index contributed by atoms with van der Waals surface area (Å²) >= 11 is 3.07. The van der Waals surface area contributed by atoms with Gasteiger partial charge in [-0.2, -0.15) is 13.2 Å². The lowest BCUT2D eigenvalue weighted by Gasteiger charge is -2.19. The van der Waals surface area contributed by atoms with Crippen LogP contribution in [0.15, 0.2) is 0 Å². The molecule has 0 aromatic carbocycles. The van der Waals surface area contributed by atoms with Crippen molar-refractivity contribution in [3.63, 3.8) is 0 Å². The first-order chi connectivity index (χ1) is 4.87. The summed E-state index contributed by atoms with van der Waals surface area (Å²) in [5.74, 6) is -0.217. The number of rotatable bonds is 3. The molecule has 11 heavy (non-hydrogen) atoms. The molecule has 0 aliphatic carbocycles. The summed E-state index contributed by atoms with van der Waals surface area (Å²) in [5.41, 5.74) is 0. The van der Waals surface area contributed by atoms with Crippen molar-refractivity contribution < 1.29 is 13.2 Å². The molecule has 0 bridgehead atoms. The molecule has 0 aliphatic rings. The molecule has 1 atom stereocenters. The van der Waals surface area contributed by atoms with Crippen LogP contribution in [0.3, 0.4) is 0 Å². The van der Waals surface area contributed by atoms with Gasteiger partial charge in [-0.3, -0.25) is 0 Å². The zero-order chi connectivity index (χ0) is 9.07.